The van der Waals surface area contributed by atoms with Gasteiger partial charge in [-0.3, -0.25) is 0 Å². The highest BCUT2D eigenvalue weighted by Gasteiger charge is 2.30. The van der Waals surface area contributed by atoms with E-state index in [0.717, 1.165) is 36.3 Å². The van der Waals surface area contributed by atoms with Crippen LogP contribution in [0.2, 0.25) is 0 Å². The van der Waals surface area contributed by atoms with E-state index in [9.17, 15) is 13.2 Å². The summed E-state index contributed by atoms with van der Waals surface area (Å²) in [5.74, 6) is 0. The molecule has 3 aromatic rings. The van der Waals surface area contributed by atoms with Crippen LogP contribution in [-0.2, 0) is 12.6 Å². The molecule has 3 rings (SSSR count). The van der Waals surface area contributed by atoms with Gasteiger partial charge in [0, 0.05) is 10.6 Å². The molecule has 0 spiro atoms. The summed E-state index contributed by atoms with van der Waals surface area (Å²) < 4.78 is 41.9. The number of unbranched alkanes of at least 4 members (excludes halogenated alkanes) is 2. The molecule has 0 saturated heterocycles. The third kappa shape index (κ3) is 6.44. The smallest absolute Gasteiger partial charge is 0.326 e. The van der Waals surface area contributed by atoms with E-state index in [2.05, 4.69) is 68.5 Å². The van der Waals surface area contributed by atoms with Crippen LogP contribution in [0.5, 0.6) is 0 Å². The number of rotatable bonds is 9. The molecular formula is C28H30F3NS. The average Bonchev–Trinajstić information content (AvgIpc) is 2.78. The molecule has 3 aromatic carbocycles. The fourth-order valence-electron chi connectivity index (χ4n) is 3.81. The third-order valence-electron chi connectivity index (χ3n) is 5.70. The minimum atomic E-state index is -4.34. The van der Waals surface area contributed by atoms with E-state index in [1.54, 1.807) is 0 Å². The van der Waals surface area contributed by atoms with Crippen molar-refractivity contribution in [1.82, 2.24) is 4.72 Å². The highest BCUT2D eigenvalue weighted by molar-refractivity contribution is 7.97. The van der Waals surface area contributed by atoms with E-state index in [4.69, 9.17) is 0 Å². The summed E-state index contributed by atoms with van der Waals surface area (Å²) in [6.07, 6.45) is 0.0930. The van der Waals surface area contributed by atoms with Gasteiger partial charge in [-0.1, -0.05) is 80.4 Å². The maximum atomic E-state index is 12.9. The van der Waals surface area contributed by atoms with Gasteiger partial charge in [-0.25, -0.2) is 0 Å². The van der Waals surface area contributed by atoms with Crippen LogP contribution in [0.25, 0.3) is 16.8 Å². The van der Waals surface area contributed by atoms with Gasteiger partial charge in [0.1, 0.15) is 0 Å². The minimum absolute atomic E-state index is 0.577. The fraction of sp³-hybridized carbons (Fsp3) is 0.286. The first-order valence-corrected chi connectivity index (χ1v) is 12.0. The molecule has 1 nitrogen and oxygen atoms in total. The Bertz CT molecular complexity index is 1100. The minimum Gasteiger partial charge on any atom is -0.326 e. The second-order valence-electron chi connectivity index (χ2n) is 8.31. The number of hydrogen-bond donors (Lipinski definition) is 1. The number of halogens is 3. The number of nitrogens with one attached hydrogen (secondary N) is 1. The summed E-state index contributed by atoms with van der Waals surface area (Å²) in [6.45, 7) is 10.5. The second-order valence-corrected chi connectivity index (χ2v) is 9.13. The number of alkyl halides is 3. The molecule has 5 heteroatoms. The fourth-order valence-corrected chi connectivity index (χ4v) is 4.72. The Morgan fingerprint density at radius 3 is 2.33 bits per heavy atom. The molecule has 0 fully saturated rings. The van der Waals surface area contributed by atoms with Gasteiger partial charge in [0.2, 0.25) is 0 Å². The summed E-state index contributed by atoms with van der Waals surface area (Å²) in [5.41, 5.74) is 6.58. The Balaban J connectivity index is 1.86. The maximum absolute atomic E-state index is 12.9. The zero-order chi connectivity index (χ0) is 24.0. The van der Waals surface area contributed by atoms with Gasteiger partial charge < -0.3 is 4.72 Å². The van der Waals surface area contributed by atoms with Crippen molar-refractivity contribution in [2.24, 2.45) is 0 Å². The highest BCUT2D eigenvalue weighted by Crippen LogP contribution is 2.35. The predicted molar refractivity (Wildman–Crippen MR) is 134 cm³/mol. The van der Waals surface area contributed by atoms with Gasteiger partial charge in [-0.05, 0) is 78.6 Å². The van der Waals surface area contributed by atoms with Crippen LogP contribution in [0.4, 0.5) is 13.2 Å². The normalized spacial score (nSPS) is 11.5. The zero-order valence-corrected chi connectivity index (χ0v) is 20.2. The SMILES string of the molecule is C=C(NSc1c(CCCCC)ccc(-c2cccc(C)c2)c1C)c1ccc(C(F)(F)F)cc1. The Hall–Kier alpha value is -2.66. The summed E-state index contributed by atoms with van der Waals surface area (Å²) in [6, 6.07) is 17.9. The van der Waals surface area contributed by atoms with Crippen LogP contribution in [0.1, 0.15) is 54.0 Å². The molecule has 0 aliphatic carbocycles. The van der Waals surface area contributed by atoms with Crippen molar-refractivity contribution >= 4 is 17.6 Å². The van der Waals surface area contributed by atoms with E-state index >= 15 is 0 Å². The van der Waals surface area contributed by atoms with Crippen molar-refractivity contribution in [3.05, 3.63) is 95.1 Å². The molecular weight excluding hydrogens is 439 g/mol. The molecule has 0 saturated carbocycles. The molecule has 0 bridgehead atoms. The molecule has 0 aromatic heterocycles. The molecule has 1 N–H and O–H groups in total. The first-order chi connectivity index (χ1) is 15.7. The molecule has 0 aliphatic rings. The lowest BCUT2D eigenvalue weighted by Gasteiger charge is -2.18. The molecule has 0 heterocycles. The maximum Gasteiger partial charge on any atom is 0.416 e. The van der Waals surface area contributed by atoms with Crippen LogP contribution in [0.15, 0.2) is 72.1 Å². The van der Waals surface area contributed by atoms with Crippen LogP contribution in [0.3, 0.4) is 0 Å². The lowest BCUT2D eigenvalue weighted by molar-refractivity contribution is -0.137. The summed E-state index contributed by atoms with van der Waals surface area (Å²) in [4.78, 5) is 1.15. The van der Waals surface area contributed by atoms with Crippen molar-refractivity contribution < 1.29 is 13.2 Å². The van der Waals surface area contributed by atoms with Gasteiger partial charge in [0.05, 0.1) is 5.56 Å². The zero-order valence-electron chi connectivity index (χ0n) is 19.4. The lowest BCUT2D eigenvalue weighted by atomic mass is 9.95. The van der Waals surface area contributed by atoms with Crippen LogP contribution in [-0.4, -0.2) is 0 Å². The number of hydrogen-bond acceptors (Lipinski definition) is 2. The molecule has 174 valence electrons. The Morgan fingerprint density at radius 1 is 0.970 bits per heavy atom. The molecule has 33 heavy (non-hydrogen) atoms. The average molecular weight is 470 g/mol. The Kier molecular flexibility index (Phi) is 8.30. The molecule has 0 unspecified atom stereocenters. The van der Waals surface area contributed by atoms with Gasteiger partial charge in [0.15, 0.2) is 0 Å². The standard InChI is InChI=1S/C28H30F3NS/c1-5-6-7-10-23-14-17-26(24-11-8-9-19(2)18-24)20(3)27(23)33-32-21(4)22-12-15-25(16-13-22)28(29,30)31/h8-9,11-18,32H,4-7,10H2,1-3H3. The third-order valence-corrected chi connectivity index (χ3v) is 6.82. The topological polar surface area (TPSA) is 12.0 Å². The number of aryl methyl sites for hydroxylation is 2. The molecule has 0 atom stereocenters. The first-order valence-electron chi connectivity index (χ1n) is 11.2. The van der Waals surface area contributed by atoms with Crippen LogP contribution >= 0.6 is 11.9 Å². The van der Waals surface area contributed by atoms with E-state index in [-0.39, 0.29) is 0 Å². The van der Waals surface area contributed by atoms with Crippen molar-refractivity contribution in [3.8, 4) is 11.1 Å². The van der Waals surface area contributed by atoms with Crippen molar-refractivity contribution in [2.75, 3.05) is 0 Å². The van der Waals surface area contributed by atoms with Crippen molar-refractivity contribution in [3.63, 3.8) is 0 Å². The van der Waals surface area contributed by atoms with Gasteiger partial charge in [-0.15, -0.1) is 0 Å². The molecule has 0 amide bonds. The van der Waals surface area contributed by atoms with Crippen LogP contribution in [0, 0.1) is 13.8 Å². The van der Waals surface area contributed by atoms with Crippen LogP contribution < -0.4 is 4.72 Å². The van der Waals surface area contributed by atoms with E-state index < -0.39 is 11.7 Å². The summed E-state index contributed by atoms with van der Waals surface area (Å²) >= 11 is 1.49. The summed E-state index contributed by atoms with van der Waals surface area (Å²) in [7, 11) is 0. The molecule has 0 radical (unpaired) electrons. The van der Waals surface area contributed by atoms with E-state index in [0.29, 0.717) is 11.3 Å². The van der Waals surface area contributed by atoms with Gasteiger partial charge in [-0.2, -0.15) is 13.2 Å². The summed E-state index contributed by atoms with van der Waals surface area (Å²) in [5, 5.41) is 0. The van der Waals surface area contributed by atoms with Gasteiger partial charge >= 0.3 is 6.18 Å². The predicted octanol–water partition coefficient (Wildman–Crippen LogP) is 8.99. The second kappa shape index (κ2) is 11.0. The van der Waals surface area contributed by atoms with Crippen molar-refractivity contribution in [1.29, 1.82) is 0 Å². The van der Waals surface area contributed by atoms with Gasteiger partial charge in [0.25, 0.3) is 0 Å². The Labute approximate surface area is 199 Å². The number of benzene rings is 3. The molecule has 0 aliphatic heterocycles. The quantitative estimate of drug-likeness (QED) is 0.248. The monoisotopic (exact) mass is 469 g/mol. The van der Waals surface area contributed by atoms with E-state index in [1.165, 1.54) is 58.3 Å². The lowest BCUT2D eigenvalue weighted by Crippen LogP contribution is -2.07. The van der Waals surface area contributed by atoms with E-state index in [1.807, 2.05) is 0 Å². The first kappa shape index (κ1) is 25.0. The largest absolute Gasteiger partial charge is 0.416 e. The van der Waals surface area contributed by atoms with Crippen molar-refractivity contribution in [2.45, 2.75) is 57.5 Å². The Morgan fingerprint density at radius 2 is 1.70 bits per heavy atom. The highest BCUT2D eigenvalue weighted by atomic mass is 32.2.